The maximum Gasteiger partial charge on any atom is 0.192 e. The number of hydrogen-bond acceptors (Lipinski definition) is 5. The molecule has 3 rings (SSSR count). The van der Waals surface area contributed by atoms with E-state index in [1.807, 2.05) is 24.6 Å². The zero-order chi connectivity index (χ0) is 19.8. The lowest BCUT2D eigenvalue weighted by Gasteiger charge is -2.26. The first kappa shape index (κ1) is 20.2. The smallest absolute Gasteiger partial charge is 0.192 e. The van der Waals surface area contributed by atoms with Gasteiger partial charge in [0.05, 0.1) is 26.3 Å². The van der Waals surface area contributed by atoms with E-state index in [9.17, 15) is 4.39 Å². The number of guanidine groups is 1. The zero-order valence-electron chi connectivity index (χ0n) is 16.5. The maximum atomic E-state index is 13.9. The van der Waals surface area contributed by atoms with Crippen LogP contribution in [-0.2, 0) is 24.9 Å². The summed E-state index contributed by atoms with van der Waals surface area (Å²) in [7, 11) is 1.92. The summed E-state index contributed by atoms with van der Waals surface area (Å²) in [5, 5.41) is 14.8. The van der Waals surface area contributed by atoms with Gasteiger partial charge >= 0.3 is 0 Å². The minimum Gasteiger partial charge on any atom is -0.379 e. The summed E-state index contributed by atoms with van der Waals surface area (Å²) in [5.41, 5.74) is 0.561. The molecule has 28 heavy (non-hydrogen) atoms. The van der Waals surface area contributed by atoms with Gasteiger partial charge in [-0.15, -0.1) is 10.2 Å². The van der Waals surface area contributed by atoms with Crippen LogP contribution in [0.15, 0.2) is 29.3 Å². The van der Waals surface area contributed by atoms with Crippen LogP contribution >= 0.6 is 0 Å². The van der Waals surface area contributed by atoms with Crippen LogP contribution in [0.3, 0.4) is 0 Å². The van der Waals surface area contributed by atoms with E-state index in [4.69, 9.17) is 4.74 Å². The molecule has 0 radical (unpaired) electrons. The third kappa shape index (κ3) is 5.74. The first-order chi connectivity index (χ1) is 13.6. The minimum atomic E-state index is -0.247. The lowest BCUT2D eigenvalue weighted by atomic mass is 10.2. The Bertz CT molecular complexity index is 786. The van der Waals surface area contributed by atoms with Crippen molar-refractivity contribution in [2.24, 2.45) is 12.0 Å². The second-order valence-electron chi connectivity index (χ2n) is 6.71. The van der Waals surface area contributed by atoms with Gasteiger partial charge in [-0.25, -0.2) is 9.38 Å². The second kappa shape index (κ2) is 10.1. The van der Waals surface area contributed by atoms with Gasteiger partial charge < -0.3 is 19.9 Å². The largest absolute Gasteiger partial charge is 0.379 e. The molecule has 1 aliphatic heterocycles. The zero-order valence-corrected chi connectivity index (χ0v) is 16.5. The van der Waals surface area contributed by atoms with Crippen LogP contribution in [0.2, 0.25) is 0 Å². The number of aliphatic imine (C=N–C) groups is 1. The number of aromatic nitrogens is 3. The van der Waals surface area contributed by atoms with Crippen LogP contribution in [0.1, 0.15) is 17.2 Å². The van der Waals surface area contributed by atoms with Gasteiger partial charge in [0.2, 0.25) is 0 Å². The average Bonchev–Trinajstić information content (AvgIpc) is 3.03. The van der Waals surface area contributed by atoms with Crippen LogP contribution in [0.25, 0.3) is 0 Å². The minimum absolute atomic E-state index is 0.247. The highest BCUT2D eigenvalue weighted by Crippen LogP contribution is 2.07. The summed E-state index contributed by atoms with van der Waals surface area (Å²) in [4.78, 5) is 6.89. The lowest BCUT2D eigenvalue weighted by molar-refractivity contribution is 0.0389. The van der Waals surface area contributed by atoms with Gasteiger partial charge in [-0.2, -0.15) is 0 Å². The van der Waals surface area contributed by atoms with Gasteiger partial charge in [0.1, 0.15) is 11.6 Å². The summed E-state index contributed by atoms with van der Waals surface area (Å²) in [5.74, 6) is 2.04. The molecule has 1 aromatic carbocycles. The molecule has 1 aromatic heterocycles. The molecule has 8 nitrogen and oxygen atoms in total. The maximum absolute atomic E-state index is 13.9. The predicted octanol–water partition coefficient (Wildman–Crippen LogP) is 0.830. The van der Waals surface area contributed by atoms with Crippen molar-refractivity contribution in [2.45, 2.75) is 20.0 Å². The van der Waals surface area contributed by atoms with Crippen molar-refractivity contribution >= 4 is 5.96 Å². The molecule has 152 valence electrons. The molecule has 0 aliphatic carbocycles. The number of morpholine rings is 1. The van der Waals surface area contributed by atoms with Crippen LogP contribution in [-0.4, -0.2) is 65.0 Å². The topological polar surface area (TPSA) is 79.6 Å². The van der Waals surface area contributed by atoms with Crippen molar-refractivity contribution in [1.29, 1.82) is 0 Å². The summed E-state index contributed by atoms with van der Waals surface area (Å²) in [6.45, 7) is 7.72. The Kier molecular flexibility index (Phi) is 7.32. The number of nitrogens with zero attached hydrogens (tertiary/aromatic N) is 5. The first-order valence-electron chi connectivity index (χ1n) is 9.54. The standard InChI is InChI=1S/C19H28FN7O/c1-15-24-25-18(26(15)2)14-23-19(21-7-8-27-9-11-28-12-10-27)22-13-16-5-3-4-6-17(16)20/h3-6H,7-14H2,1-2H3,(H2,21,22,23). The number of nitrogens with one attached hydrogen (secondary N) is 2. The van der Waals surface area contributed by atoms with Crippen LogP contribution < -0.4 is 10.6 Å². The molecule has 0 unspecified atom stereocenters. The Hall–Kier alpha value is -2.52. The van der Waals surface area contributed by atoms with E-state index in [0.29, 0.717) is 18.1 Å². The molecule has 9 heteroatoms. The number of rotatable bonds is 7. The van der Waals surface area contributed by atoms with Crippen molar-refractivity contribution in [1.82, 2.24) is 30.3 Å². The number of ether oxygens (including phenoxy) is 1. The molecule has 0 bridgehead atoms. The third-order valence-corrected chi connectivity index (χ3v) is 4.79. The van der Waals surface area contributed by atoms with Crippen LogP contribution in [0.4, 0.5) is 4.39 Å². The average molecular weight is 389 g/mol. The molecular formula is C19H28FN7O. The molecule has 2 heterocycles. The highest BCUT2D eigenvalue weighted by Gasteiger charge is 2.11. The Balaban J connectivity index is 1.59. The number of hydrogen-bond donors (Lipinski definition) is 2. The fourth-order valence-electron chi connectivity index (χ4n) is 2.89. The fourth-order valence-corrected chi connectivity index (χ4v) is 2.89. The molecule has 1 fully saturated rings. The molecule has 1 aliphatic rings. The van der Waals surface area contributed by atoms with E-state index in [0.717, 1.165) is 51.0 Å². The van der Waals surface area contributed by atoms with E-state index in [2.05, 4.69) is 30.7 Å². The lowest BCUT2D eigenvalue weighted by Crippen LogP contribution is -2.44. The molecule has 0 saturated carbocycles. The second-order valence-corrected chi connectivity index (χ2v) is 6.71. The van der Waals surface area contributed by atoms with E-state index < -0.39 is 0 Å². The van der Waals surface area contributed by atoms with Gasteiger partial charge in [-0.1, -0.05) is 18.2 Å². The summed E-state index contributed by atoms with van der Waals surface area (Å²) in [6, 6.07) is 6.69. The summed E-state index contributed by atoms with van der Waals surface area (Å²) >= 11 is 0. The van der Waals surface area contributed by atoms with Gasteiger partial charge in [0, 0.05) is 38.8 Å². The number of halogens is 1. The molecule has 2 N–H and O–H groups in total. The normalized spacial score (nSPS) is 15.6. The van der Waals surface area contributed by atoms with Crippen molar-refractivity contribution in [2.75, 3.05) is 39.4 Å². The third-order valence-electron chi connectivity index (χ3n) is 4.79. The van der Waals surface area contributed by atoms with E-state index in [1.54, 1.807) is 12.1 Å². The van der Waals surface area contributed by atoms with Gasteiger partial charge in [-0.3, -0.25) is 4.90 Å². The quantitative estimate of drug-likeness (QED) is 0.539. The van der Waals surface area contributed by atoms with Crippen molar-refractivity contribution in [3.63, 3.8) is 0 Å². The van der Waals surface area contributed by atoms with Crippen molar-refractivity contribution in [3.05, 3.63) is 47.3 Å². The molecule has 0 atom stereocenters. The predicted molar refractivity (Wildman–Crippen MR) is 105 cm³/mol. The Morgan fingerprint density at radius 3 is 2.71 bits per heavy atom. The van der Waals surface area contributed by atoms with Gasteiger partial charge in [0.15, 0.2) is 11.8 Å². The van der Waals surface area contributed by atoms with Crippen molar-refractivity contribution < 1.29 is 9.13 Å². The van der Waals surface area contributed by atoms with Gasteiger partial charge in [0.25, 0.3) is 0 Å². The van der Waals surface area contributed by atoms with Crippen molar-refractivity contribution in [3.8, 4) is 0 Å². The van der Waals surface area contributed by atoms with E-state index in [1.165, 1.54) is 6.07 Å². The van der Waals surface area contributed by atoms with Crippen LogP contribution in [0, 0.1) is 12.7 Å². The Labute approximate surface area is 164 Å². The first-order valence-corrected chi connectivity index (χ1v) is 9.54. The molecule has 1 saturated heterocycles. The Morgan fingerprint density at radius 2 is 2.00 bits per heavy atom. The van der Waals surface area contributed by atoms with E-state index in [-0.39, 0.29) is 12.4 Å². The summed E-state index contributed by atoms with van der Waals surface area (Å²) in [6.07, 6.45) is 0. The number of aryl methyl sites for hydroxylation is 1. The highest BCUT2D eigenvalue weighted by molar-refractivity contribution is 5.79. The SMILES string of the molecule is Cc1nnc(CNC(=NCc2ccccc2F)NCCN2CCOCC2)n1C. The number of benzene rings is 1. The molecule has 2 aromatic rings. The fraction of sp³-hybridized carbons (Fsp3) is 0.526. The summed E-state index contributed by atoms with van der Waals surface area (Å²) < 4.78 is 21.2. The Morgan fingerprint density at radius 1 is 1.21 bits per heavy atom. The molecule has 0 amide bonds. The molecule has 0 spiro atoms. The highest BCUT2D eigenvalue weighted by atomic mass is 19.1. The van der Waals surface area contributed by atoms with E-state index >= 15 is 0 Å². The van der Waals surface area contributed by atoms with Gasteiger partial charge in [-0.05, 0) is 13.0 Å². The monoisotopic (exact) mass is 389 g/mol. The van der Waals surface area contributed by atoms with Crippen LogP contribution in [0.5, 0.6) is 0 Å². The molecular weight excluding hydrogens is 361 g/mol.